The summed E-state index contributed by atoms with van der Waals surface area (Å²) in [4.78, 5) is -0.104. The Hall–Kier alpha value is -0.840. The van der Waals surface area contributed by atoms with Crippen LogP contribution in [0, 0.1) is 6.92 Å². The largest absolute Gasteiger partial charge is 0.419 e. The monoisotopic (exact) mass is 207 g/mol. The number of thiol groups is 1. The van der Waals surface area contributed by atoms with Gasteiger partial charge < -0.3 is 5.73 Å². The van der Waals surface area contributed by atoms with Crippen molar-refractivity contribution >= 4 is 18.3 Å². The quantitative estimate of drug-likeness (QED) is 0.496. The molecular weight excluding hydrogens is 199 g/mol. The van der Waals surface area contributed by atoms with Crippen LogP contribution in [0.3, 0.4) is 0 Å². The average Bonchev–Trinajstić information content (AvgIpc) is 1.95. The van der Waals surface area contributed by atoms with Crippen LogP contribution in [0.1, 0.15) is 11.1 Å². The highest BCUT2D eigenvalue weighted by atomic mass is 32.1. The maximum absolute atomic E-state index is 12.4. The lowest BCUT2D eigenvalue weighted by Crippen LogP contribution is -2.10. The van der Waals surface area contributed by atoms with Crippen molar-refractivity contribution < 1.29 is 13.2 Å². The molecule has 0 bridgehead atoms. The average molecular weight is 207 g/mol. The number of rotatable bonds is 0. The first-order valence-electron chi connectivity index (χ1n) is 3.49. The first kappa shape index (κ1) is 10.2. The van der Waals surface area contributed by atoms with Crippen LogP contribution in [0.5, 0.6) is 0 Å². The van der Waals surface area contributed by atoms with E-state index in [4.69, 9.17) is 5.73 Å². The van der Waals surface area contributed by atoms with E-state index >= 15 is 0 Å². The van der Waals surface area contributed by atoms with E-state index in [1.807, 2.05) is 0 Å². The van der Waals surface area contributed by atoms with Crippen LogP contribution in [-0.2, 0) is 6.18 Å². The Labute approximate surface area is 79.2 Å². The van der Waals surface area contributed by atoms with E-state index in [1.165, 1.54) is 12.1 Å². The van der Waals surface area contributed by atoms with Crippen molar-refractivity contribution in [3.8, 4) is 0 Å². The molecule has 0 saturated carbocycles. The van der Waals surface area contributed by atoms with Crippen molar-refractivity contribution in [1.82, 2.24) is 0 Å². The number of nitrogen functional groups attached to an aromatic ring is 1. The molecule has 0 aliphatic heterocycles. The highest BCUT2D eigenvalue weighted by Crippen LogP contribution is 2.38. The molecule has 0 unspecified atom stereocenters. The van der Waals surface area contributed by atoms with Crippen LogP contribution in [0.4, 0.5) is 18.9 Å². The van der Waals surface area contributed by atoms with Crippen LogP contribution in [0.2, 0.25) is 0 Å². The lowest BCUT2D eigenvalue weighted by atomic mass is 10.1. The summed E-state index contributed by atoms with van der Waals surface area (Å²) in [5.74, 6) is 0. The topological polar surface area (TPSA) is 26.0 Å². The van der Waals surface area contributed by atoms with Crippen molar-refractivity contribution in [3.63, 3.8) is 0 Å². The van der Waals surface area contributed by atoms with Gasteiger partial charge in [0.05, 0.1) is 5.56 Å². The molecule has 0 fully saturated rings. The molecule has 1 aromatic carbocycles. The molecule has 0 aliphatic rings. The van der Waals surface area contributed by atoms with Crippen molar-refractivity contribution in [1.29, 1.82) is 0 Å². The molecule has 1 rings (SSSR count). The van der Waals surface area contributed by atoms with Crippen molar-refractivity contribution in [2.24, 2.45) is 0 Å². The summed E-state index contributed by atoms with van der Waals surface area (Å²) in [5.41, 5.74) is 4.53. The molecule has 2 N–H and O–H groups in total. The van der Waals surface area contributed by atoms with Gasteiger partial charge in [0.25, 0.3) is 0 Å². The molecule has 0 atom stereocenters. The van der Waals surface area contributed by atoms with E-state index in [0.717, 1.165) is 0 Å². The Balaban J connectivity index is 3.43. The van der Waals surface area contributed by atoms with Gasteiger partial charge in [0.15, 0.2) is 0 Å². The third kappa shape index (κ3) is 1.91. The number of hydrogen-bond donors (Lipinski definition) is 2. The van der Waals surface area contributed by atoms with Crippen LogP contribution in [0.15, 0.2) is 17.0 Å². The molecule has 0 amide bonds. The van der Waals surface area contributed by atoms with Crippen molar-refractivity contribution in [2.75, 3.05) is 5.73 Å². The summed E-state index contributed by atoms with van der Waals surface area (Å²) in [5, 5.41) is 0. The first-order chi connectivity index (χ1) is 5.84. The van der Waals surface area contributed by atoms with Gasteiger partial charge in [-0.2, -0.15) is 13.2 Å². The maximum atomic E-state index is 12.4. The number of benzene rings is 1. The maximum Gasteiger partial charge on any atom is 0.419 e. The Morgan fingerprint density at radius 2 is 1.85 bits per heavy atom. The summed E-state index contributed by atoms with van der Waals surface area (Å²) in [6.07, 6.45) is -4.44. The number of alkyl halides is 3. The second-order valence-electron chi connectivity index (χ2n) is 2.69. The lowest BCUT2D eigenvalue weighted by molar-refractivity contribution is -0.139. The summed E-state index contributed by atoms with van der Waals surface area (Å²) in [7, 11) is 0. The van der Waals surface area contributed by atoms with Gasteiger partial charge >= 0.3 is 6.18 Å². The molecule has 5 heteroatoms. The van der Waals surface area contributed by atoms with Crippen LogP contribution in [0.25, 0.3) is 0 Å². The Bertz CT molecular complexity index is 333. The van der Waals surface area contributed by atoms with E-state index in [0.29, 0.717) is 5.56 Å². The highest BCUT2D eigenvalue weighted by Gasteiger charge is 2.35. The van der Waals surface area contributed by atoms with Gasteiger partial charge in [0.1, 0.15) is 0 Å². The molecule has 0 aliphatic carbocycles. The van der Waals surface area contributed by atoms with Gasteiger partial charge in [0.2, 0.25) is 0 Å². The normalized spacial score (nSPS) is 11.8. The van der Waals surface area contributed by atoms with Crippen LogP contribution < -0.4 is 5.73 Å². The molecular formula is C8H8F3NS. The number of aryl methyl sites for hydroxylation is 1. The molecule has 0 aromatic heterocycles. The third-order valence-electron chi connectivity index (χ3n) is 1.70. The van der Waals surface area contributed by atoms with Gasteiger partial charge in [-0.1, -0.05) is 6.07 Å². The predicted octanol–water partition coefficient (Wildman–Crippen LogP) is 2.88. The Morgan fingerprint density at radius 1 is 1.31 bits per heavy atom. The molecule has 0 heterocycles. The summed E-state index contributed by atoms with van der Waals surface area (Å²) in [6.45, 7) is 1.55. The Kier molecular flexibility index (Phi) is 2.47. The van der Waals surface area contributed by atoms with Gasteiger partial charge in [-0.25, -0.2) is 0 Å². The highest BCUT2D eigenvalue weighted by molar-refractivity contribution is 7.80. The predicted molar refractivity (Wildman–Crippen MR) is 47.8 cm³/mol. The van der Waals surface area contributed by atoms with E-state index in [2.05, 4.69) is 12.6 Å². The van der Waals surface area contributed by atoms with Gasteiger partial charge in [-0.15, -0.1) is 12.6 Å². The van der Waals surface area contributed by atoms with Gasteiger partial charge in [0, 0.05) is 10.6 Å². The smallest absolute Gasteiger partial charge is 0.398 e. The second-order valence-corrected chi connectivity index (χ2v) is 3.14. The fraction of sp³-hybridized carbons (Fsp3) is 0.250. The molecule has 0 radical (unpaired) electrons. The summed E-state index contributed by atoms with van der Waals surface area (Å²) >= 11 is 3.77. The fourth-order valence-electron chi connectivity index (χ4n) is 1.01. The molecule has 1 aromatic rings. The minimum absolute atomic E-state index is 0.104. The van der Waals surface area contributed by atoms with E-state index in [1.54, 1.807) is 6.92 Å². The van der Waals surface area contributed by atoms with Crippen LogP contribution in [-0.4, -0.2) is 0 Å². The second kappa shape index (κ2) is 3.14. The molecule has 0 spiro atoms. The lowest BCUT2D eigenvalue weighted by Gasteiger charge is -2.13. The van der Waals surface area contributed by atoms with E-state index in [-0.39, 0.29) is 10.6 Å². The van der Waals surface area contributed by atoms with E-state index < -0.39 is 11.7 Å². The van der Waals surface area contributed by atoms with Gasteiger partial charge in [-0.3, -0.25) is 0 Å². The summed E-state index contributed by atoms with van der Waals surface area (Å²) in [6, 6.07) is 2.74. The van der Waals surface area contributed by atoms with E-state index in [9.17, 15) is 13.2 Å². The zero-order chi connectivity index (χ0) is 10.2. The van der Waals surface area contributed by atoms with Gasteiger partial charge in [-0.05, 0) is 18.6 Å². The number of hydrogen-bond acceptors (Lipinski definition) is 2. The zero-order valence-electron chi connectivity index (χ0n) is 6.81. The summed E-state index contributed by atoms with van der Waals surface area (Å²) < 4.78 is 37.1. The standard InChI is InChI=1S/C8H8F3NS/c1-4-2-3-5(12)6(7(4)13)8(9,10)11/h2-3,13H,12H2,1H3. The minimum Gasteiger partial charge on any atom is -0.398 e. The number of nitrogens with two attached hydrogens (primary N) is 1. The SMILES string of the molecule is Cc1ccc(N)c(C(F)(F)F)c1S. The Morgan fingerprint density at radius 3 is 2.23 bits per heavy atom. The molecule has 13 heavy (non-hydrogen) atoms. The molecule has 0 saturated heterocycles. The number of anilines is 1. The molecule has 1 nitrogen and oxygen atoms in total. The molecule has 72 valence electrons. The van der Waals surface area contributed by atoms with Crippen LogP contribution >= 0.6 is 12.6 Å². The zero-order valence-corrected chi connectivity index (χ0v) is 7.71. The third-order valence-corrected chi connectivity index (χ3v) is 2.27. The van der Waals surface area contributed by atoms with Crippen molar-refractivity contribution in [2.45, 2.75) is 18.0 Å². The van der Waals surface area contributed by atoms with Crippen molar-refractivity contribution in [3.05, 3.63) is 23.3 Å². The first-order valence-corrected chi connectivity index (χ1v) is 3.94. The minimum atomic E-state index is -4.44. The number of halogens is 3. The fourth-order valence-corrected chi connectivity index (χ4v) is 1.34.